The van der Waals surface area contributed by atoms with E-state index in [4.69, 9.17) is 4.74 Å². The van der Waals surface area contributed by atoms with Gasteiger partial charge in [0.05, 0.1) is 19.1 Å². The molecule has 2 rings (SSSR count). The highest BCUT2D eigenvalue weighted by atomic mass is 32.1. The lowest BCUT2D eigenvalue weighted by atomic mass is 10.1. The number of aromatic nitrogens is 1. The summed E-state index contributed by atoms with van der Waals surface area (Å²) in [5.41, 5.74) is 0. The molecule has 1 atom stereocenters. The fraction of sp³-hybridized carbons (Fsp3) is 0.692. The molecule has 5 heteroatoms. The summed E-state index contributed by atoms with van der Waals surface area (Å²) in [5.74, 6) is -0.122. The first-order valence-electron chi connectivity index (χ1n) is 6.60. The summed E-state index contributed by atoms with van der Waals surface area (Å²) in [6.45, 7) is 4.41. The first kappa shape index (κ1) is 13.5. The van der Waals surface area contributed by atoms with Crippen LogP contribution < -0.4 is 0 Å². The maximum absolute atomic E-state index is 11.7. The third-order valence-corrected chi connectivity index (χ3v) is 4.11. The number of ether oxygens (including phenoxy) is 1. The van der Waals surface area contributed by atoms with Crippen LogP contribution in [0.2, 0.25) is 0 Å². The number of likely N-dealkylation sites (tertiary alicyclic amines) is 1. The van der Waals surface area contributed by atoms with Crippen molar-refractivity contribution in [1.29, 1.82) is 0 Å². The molecule has 1 aliphatic rings. The molecule has 0 spiro atoms. The summed E-state index contributed by atoms with van der Waals surface area (Å²) in [6.07, 6.45) is 5.94. The predicted octanol–water partition coefficient (Wildman–Crippen LogP) is 2.62. The maximum atomic E-state index is 11.7. The van der Waals surface area contributed by atoms with E-state index in [9.17, 15) is 4.79 Å². The molecule has 0 aliphatic carbocycles. The van der Waals surface area contributed by atoms with Gasteiger partial charge in [0.1, 0.15) is 5.01 Å². The van der Waals surface area contributed by atoms with Crippen molar-refractivity contribution in [2.45, 2.75) is 38.6 Å². The fourth-order valence-corrected chi connectivity index (χ4v) is 3.15. The van der Waals surface area contributed by atoms with Gasteiger partial charge in [-0.25, -0.2) is 4.98 Å². The smallest absolute Gasteiger partial charge is 0.307 e. The topological polar surface area (TPSA) is 42.4 Å². The maximum Gasteiger partial charge on any atom is 0.307 e. The normalized spacial score (nSPS) is 18.5. The van der Waals surface area contributed by atoms with Crippen LogP contribution >= 0.6 is 11.3 Å². The van der Waals surface area contributed by atoms with Crippen molar-refractivity contribution >= 4 is 17.3 Å². The van der Waals surface area contributed by atoms with Crippen LogP contribution in [0, 0.1) is 0 Å². The summed E-state index contributed by atoms with van der Waals surface area (Å²) in [7, 11) is 0. The minimum absolute atomic E-state index is 0.101. The molecule has 18 heavy (non-hydrogen) atoms. The van der Waals surface area contributed by atoms with E-state index in [-0.39, 0.29) is 12.0 Å². The highest BCUT2D eigenvalue weighted by Crippen LogP contribution is 2.29. The Morgan fingerprint density at radius 2 is 2.28 bits per heavy atom. The second-order valence-electron chi connectivity index (χ2n) is 4.49. The van der Waals surface area contributed by atoms with Crippen molar-refractivity contribution in [3.05, 3.63) is 16.6 Å². The van der Waals surface area contributed by atoms with E-state index in [1.165, 1.54) is 19.3 Å². The van der Waals surface area contributed by atoms with Crippen molar-refractivity contribution < 1.29 is 9.53 Å². The van der Waals surface area contributed by atoms with Crippen LogP contribution in [-0.2, 0) is 9.53 Å². The monoisotopic (exact) mass is 268 g/mol. The number of thiazole rings is 1. The number of hydrogen-bond acceptors (Lipinski definition) is 5. The minimum Gasteiger partial charge on any atom is -0.466 e. The Kier molecular flexibility index (Phi) is 5.13. The molecular formula is C13H20N2O2S. The van der Waals surface area contributed by atoms with Crippen LogP contribution in [0.5, 0.6) is 0 Å². The van der Waals surface area contributed by atoms with Gasteiger partial charge in [-0.2, -0.15) is 0 Å². The molecule has 0 radical (unpaired) electrons. The molecule has 1 aromatic heterocycles. The zero-order valence-corrected chi connectivity index (χ0v) is 11.6. The molecule has 0 bridgehead atoms. The summed E-state index contributed by atoms with van der Waals surface area (Å²) in [5, 5.41) is 3.00. The van der Waals surface area contributed by atoms with Gasteiger partial charge < -0.3 is 4.74 Å². The number of esters is 1. The van der Waals surface area contributed by atoms with E-state index in [1.54, 1.807) is 11.3 Å². The van der Waals surface area contributed by atoms with Gasteiger partial charge in [-0.05, 0) is 32.9 Å². The fourth-order valence-electron chi connectivity index (χ4n) is 2.38. The molecule has 1 unspecified atom stereocenters. The summed E-state index contributed by atoms with van der Waals surface area (Å²) in [6, 6.07) is 0.101. The lowest BCUT2D eigenvalue weighted by molar-refractivity contribution is -0.144. The lowest BCUT2D eigenvalue weighted by Gasteiger charge is -2.32. The third-order valence-electron chi connectivity index (χ3n) is 3.23. The second-order valence-corrected chi connectivity index (χ2v) is 5.42. The molecule has 1 aliphatic heterocycles. The Morgan fingerprint density at radius 1 is 1.50 bits per heavy atom. The van der Waals surface area contributed by atoms with Crippen molar-refractivity contribution in [3.63, 3.8) is 0 Å². The van der Waals surface area contributed by atoms with Gasteiger partial charge in [0.15, 0.2) is 0 Å². The molecule has 2 heterocycles. The molecule has 1 aromatic rings. The van der Waals surface area contributed by atoms with Gasteiger partial charge in [0, 0.05) is 11.6 Å². The largest absolute Gasteiger partial charge is 0.466 e. The molecule has 1 saturated heterocycles. The van der Waals surface area contributed by atoms with Gasteiger partial charge >= 0.3 is 5.97 Å². The van der Waals surface area contributed by atoms with Crippen LogP contribution in [0.4, 0.5) is 0 Å². The molecule has 4 nitrogen and oxygen atoms in total. The van der Waals surface area contributed by atoms with Crippen molar-refractivity contribution in [2.24, 2.45) is 0 Å². The second kappa shape index (κ2) is 6.85. The molecular weight excluding hydrogens is 248 g/mol. The molecule has 100 valence electrons. The average Bonchev–Trinajstić information content (AvgIpc) is 2.91. The third kappa shape index (κ3) is 3.53. The Morgan fingerprint density at radius 3 is 2.89 bits per heavy atom. The van der Waals surface area contributed by atoms with Crippen LogP contribution in [0.25, 0.3) is 0 Å². The zero-order chi connectivity index (χ0) is 12.8. The molecule has 0 aromatic carbocycles. The van der Waals surface area contributed by atoms with E-state index >= 15 is 0 Å². The molecule has 0 N–H and O–H groups in total. The van der Waals surface area contributed by atoms with Crippen LogP contribution in [0.3, 0.4) is 0 Å². The Bertz CT molecular complexity index is 361. The quantitative estimate of drug-likeness (QED) is 0.770. The molecule has 1 fully saturated rings. The van der Waals surface area contributed by atoms with Gasteiger partial charge in [0.2, 0.25) is 0 Å². The highest BCUT2D eigenvalue weighted by molar-refractivity contribution is 7.09. The first-order valence-corrected chi connectivity index (χ1v) is 7.48. The minimum atomic E-state index is -0.122. The highest BCUT2D eigenvalue weighted by Gasteiger charge is 2.27. The standard InChI is InChI=1S/C13H20N2O2S/c1-2-17-12(16)10-11(13-14-6-9-18-13)15-7-4-3-5-8-15/h6,9,11H,2-5,7-8,10H2,1H3. The molecule has 0 saturated carbocycles. The van der Waals surface area contributed by atoms with E-state index in [2.05, 4.69) is 9.88 Å². The average molecular weight is 268 g/mol. The number of carbonyl (C=O) groups is 1. The van der Waals surface area contributed by atoms with Crippen LogP contribution in [0.1, 0.15) is 43.7 Å². The van der Waals surface area contributed by atoms with E-state index in [0.717, 1.165) is 18.1 Å². The molecule has 0 amide bonds. The van der Waals surface area contributed by atoms with Gasteiger partial charge in [0.25, 0.3) is 0 Å². The van der Waals surface area contributed by atoms with Gasteiger partial charge in [-0.15, -0.1) is 11.3 Å². The summed E-state index contributed by atoms with van der Waals surface area (Å²) in [4.78, 5) is 18.5. The van der Waals surface area contributed by atoms with Crippen LogP contribution in [0.15, 0.2) is 11.6 Å². The first-order chi connectivity index (χ1) is 8.81. The van der Waals surface area contributed by atoms with E-state index < -0.39 is 0 Å². The Hall–Kier alpha value is -0.940. The summed E-state index contributed by atoms with van der Waals surface area (Å²) < 4.78 is 5.07. The van der Waals surface area contributed by atoms with Crippen molar-refractivity contribution in [3.8, 4) is 0 Å². The zero-order valence-electron chi connectivity index (χ0n) is 10.8. The van der Waals surface area contributed by atoms with Gasteiger partial charge in [-0.3, -0.25) is 9.69 Å². The Balaban J connectivity index is 2.05. The predicted molar refractivity (Wildman–Crippen MR) is 71.5 cm³/mol. The summed E-state index contributed by atoms with van der Waals surface area (Å²) >= 11 is 1.62. The van der Waals surface area contributed by atoms with Crippen molar-refractivity contribution in [1.82, 2.24) is 9.88 Å². The van der Waals surface area contributed by atoms with Gasteiger partial charge in [-0.1, -0.05) is 6.42 Å². The lowest BCUT2D eigenvalue weighted by Crippen LogP contribution is -2.35. The van der Waals surface area contributed by atoms with Crippen molar-refractivity contribution in [2.75, 3.05) is 19.7 Å². The van der Waals surface area contributed by atoms with E-state index in [0.29, 0.717) is 13.0 Å². The Labute approximate surface area is 112 Å². The van der Waals surface area contributed by atoms with E-state index in [1.807, 2.05) is 18.5 Å². The number of hydrogen-bond donors (Lipinski definition) is 0. The number of rotatable bonds is 5. The number of nitrogens with zero attached hydrogens (tertiary/aromatic N) is 2. The van der Waals surface area contributed by atoms with Crippen LogP contribution in [-0.4, -0.2) is 35.5 Å². The number of piperidine rings is 1. The SMILES string of the molecule is CCOC(=O)CC(c1nccs1)N1CCCCC1. The number of carbonyl (C=O) groups excluding carboxylic acids is 1.